The molecule has 0 radical (unpaired) electrons. The Labute approximate surface area is 120 Å². The maximum Gasteiger partial charge on any atom is 0.251 e. The lowest BCUT2D eigenvalue weighted by molar-refractivity contribution is 0.0939. The fraction of sp³-hybridized carbons (Fsp3) is 0.188. The van der Waals surface area contributed by atoms with Crippen molar-refractivity contribution in [2.75, 3.05) is 0 Å². The van der Waals surface area contributed by atoms with Crippen molar-refractivity contribution in [1.29, 1.82) is 0 Å². The molecular weight excluding hydrogens is 279 g/mol. The first-order valence-corrected chi connectivity index (χ1v) is 6.40. The summed E-state index contributed by atoms with van der Waals surface area (Å²) in [5.74, 6) is -2.06. The molecule has 0 saturated carbocycles. The van der Waals surface area contributed by atoms with Crippen LogP contribution in [0.5, 0.6) is 0 Å². The molecule has 1 unspecified atom stereocenters. The standard InChI is InChI=1S/C16H14F3NO/c1-9-7-11(3-5-14(9)18)16(21)20-10(2)13-8-12(17)4-6-15(13)19/h3-8,10H,1-2H3,(H,20,21). The number of nitrogens with one attached hydrogen (secondary N) is 1. The Hall–Kier alpha value is -2.30. The predicted octanol–water partition coefficient (Wildman–Crippen LogP) is 3.90. The van der Waals surface area contributed by atoms with Crippen LogP contribution >= 0.6 is 0 Å². The van der Waals surface area contributed by atoms with Crippen LogP contribution in [0.2, 0.25) is 0 Å². The average Bonchev–Trinajstić information content (AvgIpc) is 2.44. The summed E-state index contributed by atoms with van der Waals surface area (Å²) in [6.45, 7) is 3.09. The van der Waals surface area contributed by atoms with E-state index in [9.17, 15) is 18.0 Å². The van der Waals surface area contributed by atoms with Crippen molar-refractivity contribution in [1.82, 2.24) is 5.32 Å². The Kier molecular flexibility index (Phi) is 4.31. The van der Waals surface area contributed by atoms with E-state index in [4.69, 9.17) is 0 Å². The number of amides is 1. The van der Waals surface area contributed by atoms with E-state index in [1.54, 1.807) is 13.8 Å². The van der Waals surface area contributed by atoms with E-state index in [0.717, 1.165) is 18.2 Å². The van der Waals surface area contributed by atoms with Gasteiger partial charge in [0, 0.05) is 11.1 Å². The summed E-state index contributed by atoms with van der Waals surface area (Å²) in [6, 6.07) is 6.28. The fourth-order valence-electron chi connectivity index (χ4n) is 1.99. The van der Waals surface area contributed by atoms with Gasteiger partial charge in [0.15, 0.2) is 0 Å². The third kappa shape index (κ3) is 3.42. The number of rotatable bonds is 3. The molecule has 0 aliphatic heterocycles. The molecule has 2 aromatic rings. The van der Waals surface area contributed by atoms with Crippen LogP contribution in [0.4, 0.5) is 13.2 Å². The van der Waals surface area contributed by atoms with Crippen molar-refractivity contribution in [3.63, 3.8) is 0 Å². The molecule has 0 heterocycles. The van der Waals surface area contributed by atoms with Gasteiger partial charge in [-0.15, -0.1) is 0 Å². The zero-order chi connectivity index (χ0) is 15.6. The summed E-state index contributed by atoms with van der Waals surface area (Å²) in [7, 11) is 0. The Morgan fingerprint density at radius 1 is 1.05 bits per heavy atom. The molecule has 110 valence electrons. The summed E-state index contributed by atoms with van der Waals surface area (Å²) in [4.78, 5) is 12.0. The van der Waals surface area contributed by atoms with Crippen molar-refractivity contribution in [2.45, 2.75) is 19.9 Å². The van der Waals surface area contributed by atoms with Gasteiger partial charge in [-0.3, -0.25) is 4.79 Å². The molecule has 0 fully saturated rings. The molecule has 2 nitrogen and oxygen atoms in total. The van der Waals surface area contributed by atoms with Crippen LogP contribution < -0.4 is 5.32 Å². The van der Waals surface area contributed by atoms with Crippen LogP contribution in [0.15, 0.2) is 36.4 Å². The van der Waals surface area contributed by atoms with E-state index in [-0.39, 0.29) is 11.1 Å². The van der Waals surface area contributed by atoms with Gasteiger partial charge >= 0.3 is 0 Å². The highest BCUT2D eigenvalue weighted by molar-refractivity contribution is 5.94. The van der Waals surface area contributed by atoms with E-state index < -0.39 is 29.4 Å². The molecule has 0 bridgehead atoms. The minimum atomic E-state index is -0.710. The van der Waals surface area contributed by atoms with Crippen LogP contribution in [0.1, 0.15) is 34.5 Å². The van der Waals surface area contributed by atoms with Crippen LogP contribution in [-0.4, -0.2) is 5.91 Å². The van der Waals surface area contributed by atoms with Gasteiger partial charge in [0.2, 0.25) is 0 Å². The molecule has 1 N–H and O–H groups in total. The molecule has 1 atom stereocenters. The Morgan fingerprint density at radius 2 is 1.71 bits per heavy atom. The Bertz CT molecular complexity index is 685. The molecule has 0 aliphatic carbocycles. The maximum atomic E-state index is 13.6. The third-order valence-corrected chi connectivity index (χ3v) is 3.19. The zero-order valence-electron chi connectivity index (χ0n) is 11.6. The first-order chi connectivity index (χ1) is 9.88. The molecule has 0 saturated heterocycles. The van der Waals surface area contributed by atoms with Crippen LogP contribution in [0.25, 0.3) is 0 Å². The zero-order valence-corrected chi connectivity index (χ0v) is 11.6. The molecule has 0 aromatic heterocycles. The molecule has 2 rings (SSSR count). The van der Waals surface area contributed by atoms with Crippen molar-refractivity contribution in [3.8, 4) is 0 Å². The van der Waals surface area contributed by atoms with Gasteiger partial charge in [0.05, 0.1) is 6.04 Å². The number of aryl methyl sites for hydroxylation is 1. The molecule has 0 spiro atoms. The van der Waals surface area contributed by atoms with E-state index >= 15 is 0 Å². The maximum absolute atomic E-state index is 13.6. The first-order valence-electron chi connectivity index (χ1n) is 6.40. The topological polar surface area (TPSA) is 29.1 Å². The van der Waals surface area contributed by atoms with Gasteiger partial charge in [0.1, 0.15) is 17.5 Å². The van der Waals surface area contributed by atoms with E-state index in [1.165, 1.54) is 18.2 Å². The van der Waals surface area contributed by atoms with E-state index in [0.29, 0.717) is 5.56 Å². The van der Waals surface area contributed by atoms with Crippen molar-refractivity contribution < 1.29 is 18.0 Å². The Morgan fingerprint density at radius 3 is 2.38 bits per heavy atom. The fourth-order valence-corrected chi connectivity index (χ4v) is 1.99. The molecule has 0 aliphatic rings. The SMILES string of the molecule is Cc1cc(C(=O)NC(C)c2cc(F)ccc2F)ccc1F. The first kappa shape index (κ1) is 15.1. The number of hydrogen-bond acceptors (Lipinski definition) is 1. The van der Waals surface area contributed by atoms with Crippen LogP contribution in [0.3, 0.4) is 0 Å². The number of carbonyl (C=O) groups excluding carboxylic acids is 1. The second-order valence-electron chi connectivity index (χ2n) is 4.82. The molecular formula is C16H14F3NO. The highest BCUT2D eigenvalue weighted by Crippen LogP contribution is 2.19. The summed E-state index contributed by atoms with van der Waals surface area (Å²) in [5.41, 5.74) is 0.659. The predicted molar refractivity (Wildman–Crippen MR) is 73.4 cm³/mol. The average molecular weight is 293 g/mol. The highest BCUT2D eigenvalue weighted by atomic mass is 19.1. The number of halogens is 3. The lowest BCUT2D eigenvalue weighted by Gasteiger charge is -2.15. The smallest absolute Gasteiger partial charge is 0.251 e. The second-order valence-corrected chi connectivity index (χ2v) is 4.82. The van der Waals surface area contributed by atoms with Crippen LogP contribution in [0, 0.1) is 24.4 Å². The molecule has 5 heteroatoms. The monoisotopic (exact) mass is 293 g/mol. The van der Waals surface area contributed by atoms with Crippen molar-refractivity contribution in [3.05, 3.63) is 70.5 Å². The number of carbonyl (C=O) groups is 1. The summed E-state index contributed by atoms with van der Waals surface area (Å²) >= 11 is 0. The number of hydrogen-bond donors (Lipinski definition) is 1. The molecule has 2 aromatic carbocycles. The highest BCUT2D eigenvalue weighted by Gasteiger charge is 2.16. The van der Waals surface area contributed by atoms with E-state index in [2.05, 4.69) is 5.32 Å². The van der Waals surface area contributed by atoms with Gasteiger partial charge in [0.25, 0.3) is 5.91 Å². The molecule has 21 heavy (non-hydrogen) atoms. The van der Waals surface area contributed by atoms with Crippen molar-refractivity contribution >= 4 is 5.91 Å². The second kappa shape index (κ2) is 5.99. The molecule has 1 amide bonds. The van der Waals surface area contributed by atoms with Gasteiger partial charge < -0.3 is 5.32 Å². The van der Waals surface area contributed by atoms with Gasteiger partial charge in [-0.25, -0.2) is 13.2 Å². The van der Waals surface area contributed by atoms with Crippen molar-refractivity contribution in [2.24, 2.45) is 0 Å². The quantitative estimate of drug-likeness (QED) is 0.913. The number of benzene rings is 2. The third-order valence-electron chi connectivity index (χ3n) is 3.19. The van der Waals surface area contributed by atoms with Crippen LogP contribution in [-0.2, 0) is 0 Å². The van der Waals surface area contributed by atoms with Gasteiger partial charge in [-0.2, -0.15) is 0 Å². The van der Waals surface area contributed by atoms with Gasteiger partial charge in [-0.05, 0) is 55.8 Å². The Balaban J connectivity index is 2.18. The summed E-state index contributed by atoms with van der Waals surface area (Å²) in [5, 5.41) is 2.56. The summed E-state index contributed by atoms with van der Waals surface area (Å²) < 4.78 is 39.9. The minimum absolute atomic E-state index is 0.0576. The lowest BCUT2D eigenvalue weighted by atomic mass is 10.1. The summed E-state index contributed by atoms with van der Waals surface area (Å²) in [6.07, 6.45) is 0. The van der Waals surface area contributed by atoms with Gasteiger partial charge in [-0.1, -0.05) is 0 Å². The normalized spacial score (nSPS) is 12.0. The minimum Gasteiger partial charge on any atom is -0.345 e. The lowest BCUT2D eigenvalue weighted by Crippen LogP contribution is -2.27. The largest absolute Gasteiger partial charge is 0.345 e. The van der Waals surface area contributed by atoms with E-state index in [1.807, 2.05) is 0 Å².